The number of aliphatic carboxylic acids is 1. The average molecular weight is 352 g/mol. The van der Waals surface area contributed by atoms with Gasteiger partial charge in [-0.25, -0.2) is 9.50 Å². The largest absolute Gasteiger partial charge is 0.481 e. The molecule has 2 aromatic heterocycles. The monoisotopic (exact) mass is 352 g/mol. The Morgan fingerprint density at radius 2 is 1.88 bits per heavy atom. The van der Waals surface area contributed by atoms with Crippen LogP contribution in [0.3, 0.4) is 0 Å². The molecule has 3 aromatic rings. The number of fused-ring (bicyclic) bond motifs is 1. The van der Waals surface area contributed by atoms with Gasteiger partial charge in [0.2, 0.25) is 0 Å². The summed E-state index contributed by atoms with van der Waals surface area (Å²) in [6, 6.07) is 10.7. The van der Waals surface area contributed by atoms with Crippen LogP contribution in [0.5, 0.6) is 0 Å². The van der Waals surface area contributed by atoms with Gasteiger partial charge in [-0.3, -0.25) is 9.59 Å². The molecule has 2 N–H and O–H groups in total. The molecule has 0 spiro atoms. The molecule has 1 amide bonds. The van der Waals surface area contributed by atoms with E-state index in [1.165, 1.54) is 0 Å². The first-order valence-electron chi connectivity index (χ1n) is 8.28. The second-order valence-electron chi connectivity index (χ2n) is 6.25. The quantitative estimate of drug-likeness (QED) is 0.734. The Kier molecular flexibility index (Phi) is 4.71. The Hall–Kier alpha value is -3.22. The van der Waals surface area contributed by atoms with Gasteiger partial charge in [-0.15, -0.1) is 0 Å². The minimum atomic E-state index is -0.988. The second kappa shape index (κ2) is 6.95. The summed E-state index contributed by atoms with van der Waals surface area (Å²) >= 11 is 0. The minimum Gasteiger partial charge on any atom is -0.481 e. The van der Waals surface area contributed by atoms with Gasteiger partial charge in [0.25, 0.3) is 5.91 Å². The van der Waals surface area contributed by atoms with Crippen LogP contribution in [0.2, 0.25) is 0 Å². The number of amides is 1. The van der Waals surface area contributed by atoms with E-state index in [4.69, 9.17) is 0 Å². The maximum atomic E-state index is 12.7. The molecule has 0 aliphatic rings. The Bertz CT molecular complexity index is 979. The van der Waals surface area contributed by atoms with E-state index in [-0.39, 0.29) is 12.5 Å². The second-order valence-corrected chi connectivity index (χ2v) is 6.25. The summed E-state index contributed by atoms with van der Waals surface area (Å²) in [5, 5.41) is 16.6. The van der Waals surface area contributed by atoms with Gasteiger partial charge >= 0.3 is 5.97 Å². The van der Waals surface area contributed by atoms with Gasteiger partial charge < -0.3 is 10.4 Å². The topological polar surface area (TPSA) is 96.6 Å². The number of carbonyl (C=O) groups excluding carboxylic acids is 1. The molecule has 7 nitrogen and oxygen atoms in total. The summed E-state index contributed by atoms with van der Waals surface area (Å²) in [6.45, 7) is 5.47. The van der Waals surface area contributed by atoms with Gasteiger partial charge in [0.05, 0.1) is 11.6 Å². The van der Waals surface area contributed by atoms with Crippen molar-refractivity contribution in [2.45, 2.75) is 26.7 Å². The minimum absolute atomic E-state index is 0.0141. The Balaban J connectivity index is 1.87. The van der Waals surface area contributed by atoms with E-state index in [2.05, 4.69) is 15.4 Å². The Morgan fingerprint density at radius 3 is 2.54 bits per heavy atom. The highest BCUT2D eigenvalue weighted by molar-refractivity contribution is 6.01. The fraction of sp³-hybridized carbons (Fsp3) is 0.263. The molecule has 0 aliphatic carbocycles. The first-order valence-corrected chi connectivity index (χ1v) is 8.28. The van der Waals surface area contributed by atoms with Gasteiger partial charge in [0, 0.05) is 17.9 Å². The molecule has 0 saturated heterocycles. The van der Waals surface area contributed by atoms with E-state index in [1.807, 2.05) is 26.0 Å². The number of nitrogens with one attached hydrogen (secondary N) is 1. The fourth-order valence-electron chi connectivity index (χ4n) is 3.01. The van der Waals surface area contributed by atoms with Crippen LogP contribution in [0.15, 0.2) is 36.4 Å². The van der Waals surface area contributed by atoms with Crippen molar-refractivity contribution in [2.24, 2.45) is 0 Å². The summed E-state index contributed by atoms with van der Waals surface area (Å²) in [5.41, 5.74) is 3.70. The smallest absolute Gasteiger partial charge is 0.312 e. The third-order valence-electron chi connectivity index (χ3n) is 4.26. The molecule has 134 valence electrons. The van der Waals surface area contributed by atoms with Crippen molar-refractivity contribution < 1.29 is 14.7 Å². The highest BCUT2D eigenvalue weighted by atomic mass is 16.4. The third kappa shape index (κ3) is 3.28. The van der Waals surface area contributed by atoms with Crippen LogP contribution in [0.25, 0.3) is 5.65 Å². The molecular weight excluding hydrogens is 332 g/mol. The molecule has 7 heteroatoms. The van der Waals surface area contributed by atoms with E-state index in [0.717, 1.165) is 11.4 Å². The number of hydrogen-bond donors (Lipinski definition) is 2. The summed E-state index contributed by atoms with van der Waals surface area (Å²) in [6.07, 6.45) is 0. The van der Waals surface area contributed by atoms with Crippen molar-refractivity contribution >= 4 is 17.5 Å². The van der Waals surface area contributed by atoms with Crippen LogP contribution in [-0.2, 0) is 4.79 Å². The van der Waals surface area contributed by atoms with E-state index < -0.39 is 11.9 Å². The summed E-state index contributed by atoms with van der Waals surface area (Å²) in [4.78, 5) is 28.7. The summed E-state index contributed by atoms with van der Waals surface area (Å²) in [7, 11) is 0. The normalized spacial score (nSPS) is 12.1. The van der Waals surface area contributed by atoms with Crippen molar-refractivity contribution in [2.75, 3.05) is 6.54 Å². The van der Waals surface area contributed by atoms with Crippen LogP contribution in [0, 0.1) is 20.8 Å². The van der Waals surface area contributed by atoms with Crippen LogP contribution < -0.4 is 5.32 Å². The number of carboxylic acids is 1. The lowest BCUT2D eigenvalue weighted by Gasteiger charge is -2.13. The van der Waals surface area contributed by atoms with Crippen molar-refractivity contribution in [1.29, 1.82) is 0 Å². The zero-order valence-corrected chi connectivity index (χ0v) is 14.9. The molecule has 0 aliphatic heterocycles. The fourth-order valence-corrected chi connectivity index (χ4v) is 3.01. The van der Waals surface area contributed by atoms with Crippen LogP contribution in [0.4, 0.5) is 0 Å². The number of carboxylic acid groups (broad SMARTS) is 1. The highest BCUT2D eigenvalue weighted by Gasteiger charge is 2.24. The SMILES string of the molecule is Cc1cc(C)n2nc(C)c(C(=O)NCC(C(=O)O)c3ccccc3)c2n1. The van der Waals surface area contributed by atoms with Crippen LogP contribution in [-0.4, -0.2) is 38.1 Å². The maximum Gasteiger partial charge on any atom is 0.312 e. The predicted molar refractivity (Wildman–Crippen MR) is 96.4 cm³/mol. The van der Waals surface area contributed by atoms with Gasteiger partial charge in [-0.2, -0.15) is 5.10 Å². The molecule has 0 saturated carbocycles. The average Bonchev–Trinajstić information content (AvgIpc) is 2.92. The van der Waals surface area contributed by atoms with E-state index in [9.17, 15) is 14.7 Å². The Labute approximate surface area is 150 Å². The van der Waals surface area contributed by atoms with Crippen LogP contribution in [0.1, 0.15) is 38.9 Å². The molecule has 0 radical (unpaired) electrons. The molecule has 0 fully saturated rings. The standard InChI is InChI=1S/C19H20N4O3/c1-11-9-12(2)23-17(21-11)16(13(3)22-23)18(24)20-10-15(19(25)26)14-7-5-4-6-8-14/h4-9,15H,10H2,1-3H3,(H,20,24)(H,25,26). The Morgan fingerprint density at radius 1 is 1.19 bits per heavy atom. The molecule has 3 rings (SSSR count). The number of nitrogens with zero attached hydrogens (tertiary/aromatic N) is 3. The number of rotatable bonds is 5. The van der Waals surface area contributed by atoms with E-state index in [0.29, 0.717) is 22.5 Å². The van der Waals surface area contributed by atoms with Crippen molar-refractivity contribution in [1.82, 2.24) is 19.9 Å². The number of carbonyl (C=O) groups is 2. The van der Waals surface area contributed by atoms with Crippen molar-refractivity contribution in [3.05, 3.63) is 64.6 Å². The molecule has 2 heterocycles. The molecule has 1 aromatic carbocycles. The van der Waals surface area contributed by atoms with Gasteiger partial charge in [0.15, 0.2) is 5.65 Å². The first kappa shape index (κ1) is 17.6. The van der Waals surface area contributed by atoms with E-state index in [1.54, 1.807) is 35.7 Å². The summed E-state index contributed by atoms with van der Waals surface area (Å²) in [5.74, 6) is -2.19. The molecule has 26 heavy (non-hydrogen) atoms. The molecular formula is C19H20N4O3. The third-order valence-corrected chi connectivity index (χ3v) is 4.26. The van der Waals surface area contributed by atoms with Crippen LogP contribution >= 0.6 is 0 Å². The summed E-state index contributed by atoms with van der Waals surface area (Å²) < 4.78 is 1.63. The molecule has 1 atom stereocenters. The van der Waals surface area contributed by atoms with Gasteiger partial charge in [0.1, 0.15) is 5.56 Å². The van der Waals surface area contributed by atoms with Gasteiger partial charge in [-0.05, 0) is 32.4 Å². The lowest BCUT2D eigenvalue weighted by atomic mass is 9.99. The number of aryl methyl sites for hydroxylation is 3. The predicted octanol–water partition coefficient (Wildman–Crippen LogP) is 2.25. The molecule has 0 bridgehead atoms. The van der Waals surface area contributed by atoms with Crippen molar-refractivity contribution in [3.8, 4) is 0 Å². The number of hydrogen-bond acceptors (Lipinski definition) is 4. The number of benzene rings is 1. The molecule has 1 unspecified atom stereocenters. The maximum absolute atomic E-state index is 12.7. The first-order chi connectivity index (χ1) is 12.4. The lowest BCUT2D eigenvalue weighted by molar-refractivity contribution is -0.138. The number of aromatic nitrogens is 3. The lowest BCUT2D eigenvalue weighted by Crippen LogP contribution is -2.32. The zero-order chi connectivity index (χ0) is 18.8. The van der Waals surface area contributed by atoms with Gasteiger partial charge in [-0.1, -0.05) is 30.3 Å². The highest BCUT2D eigenvalue weighted by Crippen LogP contribution is 2.18. The van der Waals surface area contributed by atoms with E-state index >= 15 is 0 Å². The van der Waals surface area contributed by atoms with Crippen molar-refractivity contribution in [3.63, 3.8) is 0 Å². The zero-order valence-electron chi connectivity index (χ0n) is 14.9.